The number of hydrogen-bond donors (Lipinski definition) is 4. The maximum atomic E-state index is 12.0. The summed E-state index contributed by atoms with van der Waals surface area (Å²) in [4.78, 5) is 70.1. The zero-order valence-corrected chi connectivity index (χ0v) is 35.2. The lowest BCUT2D eigenvalue weighted by Crippen LogP contribution is -2.34. The lowest BCUT2D eigenvalue weighted by Gasteiger charge is -2.36. The Labute approximate surface area is 349 Å². The van der Waals surface area contributed by atoms with Gasteiger partial charge in [0.05, 0.1) is 0 Å². The summed E-state index contributed by atoms with van der Waals surface area (Å²) in [7, 11) is -4.67. The van der Waals surface area contributed by atoms with Gasteiger partial charge >= 0.3 is 10.4 Å². The van der Waals surface area contributed by atoms with E-state index in [-0.39, 0.29) is 40.2 Å². The number of carbonyl (C=O) groups excluding carboxylic acids is 6. The molecule has 13 nitrogen and oxygen atoms in total. The molecule has 0 atom stereocenters. The van der Waals surface area contributed by atoms with Crippen molar-refractivity contribution in [3.8, 4) is 0 Å². The zero-order chi connectivity index (χ0) is 45.1. The van der Waals surface area contributed by atoms with Gasteiger partial charge in [0.15, 0.2) is 0 Å². The number of allylic oxidation sites excluding steroid dienone is 7. The second kappa shape index (κ2) is 20.6. The number of aliphatic hydroxyl groups excluding tert-OH is 2. The van der Waals surface area contributed by atoms with E-state index in [9.17, 15) is 39.0 Å². The number of ketones is 6. The number of aliphatic hydroxyl groups is 2. The van der Waals surface area contributed by atoms with E-state index in [1.807, 2.05) is 45.9 Å². The summed E-state index contributed by atoms with van der Waals surface area (Å²) in [6, 6.07) is 20.3. The summed E-state index contributed by atoms with van der Waals surface area (Å²) < 4.78 is 37.5. The molecule has 1 heterocycles. The first-order valence-electron chi connectivity index (χ1n) is 18.7. The number of fused-ring (bicyclic) bond motifs is 4. The van der Waals surface area contributed by atoms with Crippen molar-refractivity contribution in [3.05, 3.63) is 147 Å². The molecular weight excluding hydrogens is 793 g/mol. The smallest absolute Gasteiger partial charge is 0.394 e. The van der Waals surface area contributed by atoms with Crippen molar-refractivity contribution < 1.29 is 61.2 Å². The molecule has 1 aliphatic heterocycles. The van der Waals surface area contributed by atoms with E-state index in [0.29, 0.717) is 34.4 Å². The van der Waals surface area contributed by atoms with Gasteiger partial charge in [0.25, 0.3) is 0 Å². The number of carbonyl (C=O) groups is 6. The van der Waals surface area contributed by atoms with Gasteiger partial charge < -0.3 is 14.9 Å². The molecule has 0 saturated carbocycles. The van der Waals surface area contributed by atoms with Crippen LogP contribution in [-0.2, 0) is 29.5 Å². The van der Waals surface area contributed by atoms with Gasteiger partial charge in [-0.3, -0.25) is 37.9 Å². The molecule has 3 aromatic rings. The average Bonchev–Trinajstić information content (AvgIpc) is 3.18. The van der Waals surface area contributed by atoms with Gasteiger partial charge in [-0.15, -0.1) is 0 Å². The van der Waals surface area contributed by atoms with E-state index in [1.165, 1.54) is 18.1 Å². The molecule has 3 aliphatic carbocycles. The zero-order valence-electron chi connectivity index (χ0n) is 34.4. The van der Waals surface area contributed by atoms with Gasteiger partial charge in [-0.1, -0.05) is 103 Å². The van der Waals surface area contributed by atoms with Crippen molar-refractivity contribution in [1.82, 2.24) is 0 Å². The Morgan fingerprint density at radius 3 is 1.57 bits per heavy atom. The predicted octanol–water partition coefficient (Wildman–Crippen LogP) is 8.89. The monoisotopic (exact) mass is 840 g/mol. The number of rotatable bonds is 3. The van der Waals surface area contributed by atoms with Crippen LogP contribution in [0.3, 0.4) is 0 Å². The normalized spacial score (nSPS) is 15.8. The quantitative estimate of drug-likeness (QED) is 0.110. The Bertz CT molecular complexity index is 2460. The maximum Gasteiger partial charge on any atom is 0.394 e. The number of Topliss-reactive ketones (excluding diaryl/α,β-unsaturated/α-hetero) is 5. The van der Waals surface area contributed by atoms with Crippen LogP contribution in [0.1, 0.15) is 122 Å². The lowest BCUT2D eigenvalue weighted by molar-refractivity contribution is -0.113. The van der Waals surface area contributed by atoms with Gasteiger partial charge in [0.2, 0.25) is 34.7 Å². The lowest BCUT2D eigenvalue weighted by atomic mass is 9.82. The summed E-state index contributed by atoms with van der Waals surface area (Å²) in [6.45, 7) is 14.2. The van der Waals surface area contributed by atoms with Crippen LogP contribution in [-0.4, -0.2) is 68.0 Å². The molecule has 7 rings (SSSR count). The summed E-state index contributed by atoms with van der Waals surface area (Å²) >= 11 is 0. The molecule has 0 saturated heterocycles. The molecule has 14 heteroatoms. The molecule has 0 fully saturated rings. The fourth-order valence-corrected chi connectivity index (χ4v) is 6.13. The van der Waals surface area contributed by atoms with Gasteiger partial charge in [-0.05, 0) is 67.2 Å². The highest BCUT2D eigenvalue weighted by Crippen LogP contribution is 2.41. The number of benzene rings is 3. The van der Waals surface area contributed by atoms with Gasteiger partial charge in [-0.25, -0.2) is 0 Å². The van der Waals surface area contributed by atoms with Gasteiger partial charge in [-0.2, -0.15) is 8.42 Å². The number of hydrogen-bond acceptors (Lipinski definition) is 11. The minimum absolute atomic E-state index is 0.0762. The fourth-order valence-electron chi connectivity index (χ4n) is 6.13. The van der Waals surface area contributed by atoms with Crippen LogP contribution in [0.25, 0.3) is 17.3 Å². The molecule has 3 aromatic carbocycles. The third-order valence-electron chi connectivity index (χ3n) is 8.99. The SMILES string of the molecule is CC(C)=CCC1=C(O)c2ccccc2C(=O)C1=O.CC1(C)CCC2=C(O1)c1ccccc1C(=O)C2=O.CCC=C(C)C.O=C1C=C(O)c2ccccc2C1=O.O=S(=O)(O)O. The van der Waals surface area contributed by atoms with Crippen molar-refractivity contribution in [2.45, 2.75) is 79.8 Å². The molecule has 0 aromatic heterocycles. The molecule has 0 bridgehead atoms. The molecule has 0 spiro atoms. The van der Waals surface area contributed by atoms with Gasteiger partial charge in [0, 0.05) is 50.6 Å². The first-order valence-corrected chi connectivity index (χ1v) is 20.1. The van der Waals surface area contributed by atoms with Crippen LogP contribution in [0.2, 0.25) is 0 Å². The first kappa shape index (κ1) is 48.0. The average molecular weight is 841 g/mol. The van der Waals surface area contributed by atoms with E-state index in [4.69, 9.17) is 22.3 Å². The van der Waals surface area contributed by atoms with Crippen LogP contribution >= 0.6 is 0 Å². The number of ether oxygens (including phenoxy) is 1. The Morgan fingerprint density at radius 1 is 0.650 bits per heavy atom. The van der Waals surface area contributed by atoms with Crippen LogP contribution in [0.5, 0.6) is 0 Å². The second-order valence-corrected chi connectivity index (χ2v) is 15.7. The predicted molar refractivity (Wildman–Crippen MR) is 227 cm³/mol. The van der Waals surface area contributed by atoms with Crippen molar-refractivity contribution in [1.29, 1.82) is 0 Å². The Balaban J connectivity index is 0.000000216. The van der Waals surface area contributed by atoms with E-state index in [0.717, 1.165) is 23.6 Å². The third-order valence-corrected chi connectivity index (χ3v) is 8.99. The molecule has 4 aliphatic rings. The second-order valence-electron chi connectivity index (χ2n) is 14.8. The van der Waals surface area contributed by atoms with Crippen molar-refractivity contribution in [2.75, 3.05) is 0 Å². The molecule has 316 valence electrons. The first-order chi connectivity index (χ1) is 28.0. The largest absolute Gasteiger partial charge is 0.507 e. The molecule has 0 radical (unpaired) electrons. The molecule has 0 unspecified atom stereocenters. The minimum Gasteiger partial charge on any atom is -0.507 e. The van der Waals surface area contributed by atoms with Crippen LogP contribution in [0, 0.1) is 0 Å². The standard InChI is InChI=1S/2C15H14O3.C10H6O3.C6H12.H2O4S/c1-15(2)8-7-11-13(17)12(16)9-5-3-4-6-10(9)14(11)18-15;1-9(2)7-8-12-13(16)10-5-3-4-6-11(10)14(17)15(12)18;11-8-5-9(12)10(13)7-4-2-1-3-6(7)8;1-4-5-6(2)3;1-5(2,3)4/h3-6H,7-8H2,1-2H3;3-7,16H,8H2,1-2H3;1-5,11H;5H,4H2,1-3H3;(H2,1,2,3,4). The van der Waals surface area contributed by atoms with Crippen LogP contribution in [0.15, 0.2) is 113 Å². The van der Waals surface area contributed by atoms with E-state index in [1.54, 1.807) is 54.6 Å². The highest BCUT2D eigenvalue weighted by molar-refractivity contribution is 7.79. The van der Waals surface area contributed by atoms with E-state index < -0.39 is 45.1 Å². The maximum absolute atomic E-state index is 12.0. The van der Waals surface area contributed by atoms with E-state index >= 15 is 0 Å². The third kappa shape index (κ3) is 12.8. The topological polar surface area (TPSA) is 227 Å². The summed E-state index contributed by atoms with van der Waals surface area (Å²) in [5.74, 6) is -2.81. The Morgan fingerprint density at radius 2 is 1.08 bits per heavy atom. The summed E-state index contributed by atoms with van der Waals surface area (Å²) in [5.41, 5.74) is 5.51. The van der Waals surface area contributed by atoms with Crippen LogP contribution in [0.4, 0.5) is 0 Å². The minimum atomic E-state index is -4.67. The van der Waals surface area contributed by atoms with Crippen molar-refractivity contribution in [2.24, 2.45) is 0 Å². The van der Waals surface area contributed by atoms with Crippen LogP contribution < -0.4 is 0 Å². The molecule has 0 amide bonds. The highest BCUT2D eigenvalue weighted by Gasteiger charge is 2.39. The fraction of sp³-hybridized carbons (Fsp3) is 0.261. The highest BCUT2D eigenvalue weighted by atomic mass is 32.3. The molecular formula is C46H48O13S. The Hall–Kier alpha value is -6.35. The van der Waals surface area contributed by atoms with E-state index in [2.05, 4.69) is 26.8 Å². The van der Waals surface area contributed by atoms with Crippen molar-refractivity contribution >= 4 is 62.4 Å². The van der Waals surface area contributed by atoms with Gasteiger partial charge in [0.1, 0.15) is 22.9 Å². The summed E-state index contributed by atoms with van der Waals surface area (Å²) in [5, 5.41) is 19.4. The molecule has 4 N–H and O–H groups in total. The summed E-state index contributed by atoms with van der Waals surface area (Å²) in [6.07, 6.45) is 7.80. The molecule has 60 heavy (non-hydrogen) atoms. The Kier molecular flexibility index (Phi) is 16.5. The van der Waals surface area contributed by atoms with Crippen molar-refractivity contribution in [3.63, 3.8) is 0 Å².